The van der Waals surface area contributed by atoms with E-state index in [1.807, 2.05) is 71.6 Å². The van der Waals surface area contributed by atoms with Gasteiger partial charge in [0, 0.05) is 39.3 Å². The Labute approximate surface area is 256 Å². The van der Waals surface area contributed by atoms with Crippen LogP contribution in [0.5, 0.6) is 23.0 Å². The molecule has 1 fully saturated rings. The number of ether oxygens (including phenoxy) is 4. The van der Waals surface area contributed by atoms with Crippen molar-refractivity contribution in [1.82, 2.24) is 9.80 Å². The zero-order valence-corrected chi connectivity index (χ0v) is 25.0. The third-order valence-corrected chi connectivity index (χ3v) is 8.03. The number of carbonyl (C=O) groups excluding carboxylic acids is 1. The number of nitrogens with zero attached hydrogens (tertiary/aromatic N) is 3. The van der Waals surface area contributed by atoms with Crippen molar-refractivity contribution in [2.75, 3.05) is 52.1 Å². The number of anilines is 1. The first-order valence-electron chi connectivity index (χ1n) is 14.2. The van der Waals surface area contributed by atoms with Crippen molar-refractivity contribution >= 4 is 23.2 Å². The Balaban J connectivity index is 1.15. The van der Waals surface area contributed by atoms with E-state index in [2.05, 4.69) is 9.80 Å². The van der Waals surface area contributed by atoms with Crippen LogP contribution in [0.15, 0.2) is 77.2 Å². The lowest BCUT2D eigenvalue weighted by atomic mass is 10.1. The van der Waals surface area contributed by atoms with Crippen LogP contribution < -0.4 is 23.8 Å². The van der Waals surface area contributed by atoms with Gasteiger partial charge in [-0.15, -0.1) is 0 Å². The first kappa shape index (κ1) is 28.8. The van der Waals surface area contributed by atoms with Crippen molar-refractivity contribution in [3.8, 4) is 23.0 Å². The van der Waals surface area contributed by atoms with Crippen molar-refractivity contribution in [2.45, 2.75) is 19.6 Å². The predicted molar refractivity (Wildman–Crippen MR) is 163 cm³/mol. The Bertz CT molecular complexity index is 1580. The zero-order valence-electron chi connectivity index (χ0n) is 24.3. The van der Waals surface area contributed by atoms with Gasteiger partial charge in [0.2, 0.25) is 6.79 Å². The maximum absolute atomic E-state index is 13.4. The number of amides is 1. The molecular weight excluding hydrogens is 570 g/mol. The largest absolute Gasteiger partial charge is 0.493 e. The molecule has 10 heteroatoms. The molecule has 0 N–H and O–H groups in total. The normalized spacial score (nSPS) is 14.3. The molecule has 1 amide bonds. The van der Waals surface area contributed by atoms with Crippen LogP contribution >= 0.6 is 11.6 Å². The van der Waals surface area contributed by atoms with E-state index in [9.17, 15) is 4.79 Å². The highest BCUT2D eigenvalue weighted by molar-refractivity contribution is 6.33. The fourth-order valence-electron chi connectivity index (χ4n) is 5.52. The fourth-order valence-corrected chi connectivity index (χ4v) is 5.77. The van der Waals surface area contributed by atoms with Crippen LogP contribution in [0.4, 0.5) is 5.69 Å². The van der Waals surface area contributed by atoms with Crippen LogP contribution in [-0.2, 0) is 19.6 Å². The highest BCUT2D eigenvalue weighted by Crippen LogP contribution is 2.34. The monoisotopic (exact) mass is 603 g/mol. The summed E-state index contributed by atoms with van der Waals surface area (Å²) < 4.78 is 28.2. The van der Waals surface area contributed by atoms with Crippen molar-refractivity contribution in [3.63, 3.8) is 0 Å². The number of rotatable bonds is 10. The summed E-state index contributed by atoms with van der Waals surface area (Å²) in [6, 6.07) is 23.3. The number of fused-ring (bicyclic) bond motifs is 1. The second-order valence-electron chi connectivity index (χ2n) is 10.5. The minimum atomic E-state index is -0.104. The van der Waals surface area contributed by atoms with Gasteiger partial charge in [0.15, 0.2) is 28.8 Å². The molecule has 0 unspecified atom stereocenters. The van der Waals surface area contributed by atoms with Crippen LogP contribution in [0.1, 0.15) is 27.4 Å². The summed E-state index contributed by atoms with van der Waals surface area (Å²) >= 11 is 6.39. The summed E-state index contributed by atoms with van der Waals surface area (Å²) in [7, 11) is 3.25. The molecule has 0 saturated carbocycles. The van der Waals surface area contributed by atoms with E-state index in [0.29, 0.717) is 68.8 Å². The SMILES string of the molecule is COc1ccc(CN(Cc2ccc3c(c2)OCO3)Cc2ccc(C(=O)N3CCN(c4ccccc4Cl)CC3)o2)cc1OC. The molecule has 6 rings (SSSR count). The Kier molecular flexibility index (Phi) is 8.62. The maximum Gasteiger partial charge on any atom is 0.289 e. The summed E-state index contributed by atoms with van der Waals surface area (Å²) in [4.78, 5) is 19.6. The highest BCUT2D eigenvalue weighted by atomic mass is 35.5. The number of benzene rings is 3. The first-order valence-corrected chi connectivity index (χ1v) is 14.6. The molecular formula is C33H34ClN3O6. The Morgan fingerprint density at radius 2 is 1.53 bits per heavy atom. The van der Waals surface area contributed by atoms with E-state index in [1.54, 1.807) is 20.3 Å². The van der Waals surface area contributed by atoms with Gasteiger partial charge in [-0.25, -0.2) is 0 Å². The third-order valence-electron chi connectivity index (χ3n) is 7.71. The molecule has 4 aromatic rings. The topological polar surface area (TPSA) is 76.9 Å². The van der Waals surface area contributed by atoms with Crippen molar-refractivity contribution in [2.24, 2.45) is 0 Å². The molecule has 43 heavy (non-hydrogen) atoms. The van der Waals surface area contributed by atoms with Gasteiger partial charge in [-0.3, -0.25) is 9.69 Å². The molecule has 0 radical (unpaired) electrons. The molecule has 0 atom stereocenters. The number of para-hydroxylation sites is 1. The lowest BCUT2D eigenvalue weighted by Crippen LogP contribution is -2.48. The van der Waals surface area contributed by atoms with Crippen molar-refractivity contribution < 1.29 is 28.2 Å². The van der Waals surface area contributed by atoms with Crippen LogP contribution in [0.3, 0.4) is 0 Å². The highest BCUT2D eigenvalue weighted by Gasteiger charge is 2.26. The van der Waals surface area contributed by atoms with Crippen LogP contribution in [-0.4, -0.2) is 62.9 Å². The first-order chi connectivity index (χ1) is 21.0. The van der Waals surface area contributed by atoms with E-state index in [-0.39, 0.29) is 12.7 Å². The van der Waals surface area contributed by atoms with E-state index >= 15 is 0 Å². The Morgan fingerprint density at radius 1 is 0.814 bits per heavy atom. The van der Waals surface area contributed by atoms with Crippen LogP contribution in [0.25, 0.3) is 0 Å². The molecule has 3 aromatic carbocycles. The molecule has 0 bridgehead atoms. The van der Waals surface area contributed by atoms with Gasteiger partial charge in [0.25, 0.3) is 5.91 Å². The zero-order chi connectivity index (χ0) is 29.8. The second kappa shape index (κ2) is 12.9. The number of methoxy groups -OCH3 is 2. The number of halogens is 1. The van der Waals surface area contributed by atoms with Gasteiger partial charge in [-0.2, -0.15) is 0 Å². The third kappa shape index (κ3) is 6.53. The summed E-state index contributed by atoms with van der Waals surface area (Å²) in [6.07, 6.45) is 0. The van der Waals surface area contributed by atoms with Gasteiger partial charge in [0.1, 0.15) is 5.76 Å². The molecule has 1 aromatic heterocycles. The summed E-state index contributed by atoms with van der Waals surface area (Å²) in [6.45, 7) is 4.56. The molecule has 3 heterocycles. The number of hydrogen-bond donors (Lipinski definition) is 0. The average molecular weight is 604 g/mol. The number of piperazine rings is 1. The molecule has 2 aliphatic heterocycles. The van der Waals surface area contributed by atoms with E-state index in [4.69, 9.17) is 35.0 Å². The minimum Gasteiger partial charge on any atom is -0.493 e. The minimum absolute atomic E-state index is 0.104. The van der Waals surface area contributed by atoms with Gasteiger partial charge in [-0.05, 0) is 59.7 Å². The van der Waals surface area contributed by atoms with Gasteiger partial charge < -0.3 is 33.2 Å². The quantitative estimate of drug-likeness (QED) is 0.224. The van der Waals surface area contributed by atoms with Gasteiger partial charge in [0.05, 0.1) is 31.5 Å². The predicted octanol–water partition coefficient (Wildman–Crippen LogP) is 5.84. The van der Waals surface area contributed by atoms with E-state index < -0.39 is 0 Å². The molecule has 224 valence electrons. The fraction of sp³-hybridized carbons (Fsp3) is 0.303. The molecule has 1 saturated heterocycles. The number of hydrogen-bond acceptors (Lipinski definition) is 8. The Morgan fingerprint density at radius 3 is 2.30 bits per heavy atom. The van der Waals surface area contributed by atoms with Gasteiger partial charge >= 0.3 is 0 Å². The summed E-state index contributed by atoms with van der Waals surface area (Å²) in [5.74, 6) is 3.78. The average Bonchev–Trinajstić information content (AvgIpc) is 3.70. The molecule has 2 aliphatic rings. The van der Waals surface area contributed by atoms with Crippen LogP contribution in [0, 0.1) is 0 Å². The molecule has 0 spiro atoms. The molecule has 9 nitrogen and oxygen atoms in total. The number of carbonyl (C=O) groups is 1. The standard InChI is InChI=1S/C33H34ClN3O6/c1-39-28-10-7-23(17-31(28)40-2)19-35(20-24-8-11-29-32(18-24)42-22-41-29)21-25-9-12-30(43-25)33(38)37-15-13-36(14-16-37)27-6-4-3-5-26(27)34/h3-12,17-18H,13-16,19-22H2,1-2H3. The summed E-state index contributed by atoms with van der Waals surface area (Å²) in [5, 5.41) is 0.719. The lowest BCUT2D eigenvalue weighted by molar-refractivity contribution is 0.0710. The smallest absolute Gasteiger partial charge is 0.289 e. The Hall–Kier alpha value is -4.34. The lowest BCUT2D eigenvalue weighted by Gasteiger charge is -2.36. The van der Waals surface area contributed by atoms with Gasteiger partial charge in [-0.1, -0.05) is 35.9 Å². The second-order valence-corrected chi connectivity index (χ2v) is 10.9. The summed E-state index contributed by atoms with van der Waals surface area (Å²) in [5.41, 5.74) is 3.12. The van der Waals surface area contributed by atoms with E-state index in [1.165, 1.54) is 0 Å². The maximum atomic E-state index is 13.4. The van der Waals surface area contributed by atoms with Crippen LogP contribution in [0.2, 0.25) is 5.02 Å². The molecule has 0 aliphatic carbocycles. The van der Waals surface area contributed by atoms with E-state index in [0.717, 1.165) is 33.3 Å². The number of furan rings is 1. The van der Waals surface area contributed by atoms with Crippen molar-refractivity contribution in [1.29, 1.82) is 0 Å². The van der Waals surface area contributed by atoms with Crippen molar-refractivity contribution in [3.05, 3.63) is 100 Å².